The van der Waals surface area contributed by atoms with Gasteiger partial charge in [0.15, 0.2) is 0 Å². The maximum absolute atomic E-state index is 13.9. The summed E-state index contributed by atoms with van der Waals surface area (Å²) in [4.78, 5) is 114. The first kappa shape index (κ1) is 55.3. The molecule has 8 rings (SSSR count). The van der Waals surface area contributed by atoms with Gasteiger partial charge in [-0.2, -0.15) is 0 Å². The lowest BCUT2D eigenvalue weighted by molar-refractivity contribution is -0.124. The quantitative estimate of drug-likeness (QED) is 0.0756. The zero-order chi connectivity index (χ0) is 54.5. The van der Waals surface area contributed by atoms with Crippen LogP contribution in [0, 0.1) is 5.92 Å². The summed E-state index contributed by atoms with van der Waals surface area (Å²) in [6, 6.07) is 0.391. The fourth-order valence-electron chi connectivity index (χ4n) is 7.20. The molecule has 6 atom stereocenters. The van der Waals surface area contributed by atoms with E-state index in [1.165, 1.54) is 77.0 Å². The SMILES string of the molecule is C/C=C1\NC(=O)[C@H]([C@@H](C)O)NC(=O)c2csc(n2)-c2ccc(-c3nc(-c4nc(C(=O)N/C(=C/C)C(=O)NC[C@@H](C)O)cs4)cs3)nc2-c2cnc(s2)[C@H]([C@@H](C)O)NC(=O)c2csc(n2)[C@@H](C(C)C)NC(=O)c2csc1n2. The van der Waals surface area contributed by atoms with Crippen molar-refractivity contribution in [2.24, 2.45) is 5.92 Å². The molecule has 0 aromatic carbocycles. The van der Waals surface area contributed by atoms with Crippen molar-refractivity contribution in [1.82, 2.24) is 66.8 Å². The zero-order valence-electron chi connectivity index (χ0n) is 41.4. The van der Waals surface area contributed by atoms with Gasteiger partial charge in [-0.25, -0.2) is 34.9 Å². The molecule has 0 unspecified atom stereocenters. The van der Waals surface area contributed by atoms with Gasteiger partial charge in [-0.1, -0.05) is 26.0 Å². The standard InChI is InChI=1S/C48H49N13O9S6/c1-8-24(37(65)49-12-20(5)62)52-38(66)27-15-73-46(56-27)31-18-74-45(58-31)26-11-10-23-36(51-26)32-13-50-47(76-32)35(22(7)64)61-41(69)30-17-75-48(57-30)33(19(3)4)59-39(67)29-16-72-44(55-29)25(9-2)53-42(70)34(21(6)63)60-40(68)28-14-71-43(23)54-28/h8-11,13-22,33-35,62-64H,12H2,1-7H3,(H,49,65)(H,52,66)(H,53,70)(H,59,67)(H,60,68)(H,61,69)/b24-8+,25-9-/t20-,21-,22-,33-,34+,35+/m1/s1. The summed E-state index contributed by atoms with van der Waals surface area (Å²) in [6.45, 7) is 11.4. The molecule has 8 heterocycles. The molecule has 1 aliphatic heterocycles. The summed E-state index contributed by atoms with van der Waals surface area (Å²) >= 11 is 6.98. The predicted molar refractivity (Wildman–Crippen MR) is 290 cm³/mol. The number of fused-ring (bicyclic) bond motifs is 11. The van der Waals surface area contributed by atoms with Crippen LogP contribution in [0.15, 0.2) is 63.1 Å². The molecule has 9 N–H and O–H groups in total. The molecule has 1 aliphatic rings. The van der Waals surface area contributed by atoms with Crippen LogP contribution in [0.25, 0.3) is 48.2 Å². The third-order valence-electron chi connectivity index (χ3n) is 11.2. The zero-order valence-corrected chi connectivity index (χ0v) is 46.3. The van der Waals surface area contributed by atoms with Crippen molar-refractivity contribution in [2.45, 2.75) is 84.9 Å². The minimum absolute atomic E-state index is 0.000751. The van der Waals surface area contributed by atoms with Crippen molar-refractivity contribution < 1.29 is 44.1 Å². The second-order valence-corrected chi connectivity index (χ2v) is 22.7. The van der Waals surface area contributed by atoms with Gasteiger partial charge in [0.25, 0.3) is 29.5 Å². The van der Waals surface area contributed by atoms with Gasteiger partial charge in [0, 0.05) is 45.2 Å². The smallest absolute Gasteiger partial charge is 0.275 e. The number of hydrogen-bond donors (Lipinski definition) is 9. The number of aliphatic hydroxyl groups is 3. The molecule has 0 saturated carbocycles. The summed E-state index contributed by atoms with van der Waals surface area (Å²) < 4.78 is 0. The molecule has 22 nitrogen and oxygen atoms in total. The van der Waals surface area contributed by atoms with Gasteiger partial charge in [0.2, 0.25) is 5.91 Å². The lowest BCUT2D eigenvalue weighted by atomic mass is 10.1. The third kappa shape index (κ3) is 12.5. The van der Waals surface area contributed by atoms with E-state index >= 15 is 0 Å². The first-order valence-electron chi connectivity index (χ1n) is 23.3. The third-order valence-corrected chi connectivity index (χ3v) is 16.7. The van der Waals surface area contributed by atoms with Crippen molar-refractivity contribution in [3.8, 4) is 42.5 Å². The Kier molecular flexibility index (Phi) is 17.5. The first-order valence-corrected chi connectivity index (χ1v) is 28.5. The number of carbonyl (C=O) groups excluding carboxylic acids is 6. The van der Waals surface area contributed by atoms with Crippen molar-refractivity contribution in [3.05, 3.63) is 101 Å². The number of aromatic nitrogens is 7. The van der Waals surface area contributed by atoms with E-state index in [1.54, 1.807) is 49.0 Å². The van der Waals surface area contributed by atoms with E-state index in [0.29, 0.717) is 52.6 Å². The highest BCUT2D eigenvalue weighted by atomic mass is 32.1. The summed E-state index contributed by atoms with van der Waals surface area (Å²) in [5.41, 5.74) is 2.04. The number of hydrogen-bond acceptors (Lipinski definition) is 22. The molecule has 8 bridgehead atoms. The molecular weight excluding hydrogens is 1100 g/mol. The monoisotopic (exact) mass is 1140 g/mol. The lowest BCUT2D eigenvalue weighted by Gasteiger charge is -2.21. The van der Waals surface area contributed by atoms with E-state index in [2.05, 4.69) is 56.8 Å². The van der Waals surface area contributed by atoms with E-state index in [4.69, 9.17) is 9.97 Å². The molecule has 396 valence electrons. The molecule has 7 aromatic heterocycles. The number of nitrogens with zero attached hydrogens (tertiary/aromatic N) is 7. The van der Waals surface area contributed by atoms with Gasteiger partial charge in [0.1, 0.15) is 76.3 Å². The van der Waals surface area contributed by atoms with E-state index in [9.17, 15) is 44.1 Å². The maximum atomic E-state index is 13.9. The van der Waals surface area contributed by atoms with Crippen LogP contribution >= 0.6 is 68.0 Å². The molecule has 6 amide bonds. The van der Waals surface area contributed by atoms with Gasteiger partial charge in [-0.3, -0.25) is 28.8 Å². The average Bonchev–Trinajstić information content (AvgIpc) is 4.26. The molecule has 0 saturated heterocycles. The Hall–Kier alpha value is -6.89. The number of rotatable bonds is 10. The fourth-order valence-corrected chi connectivity index (χ4v) is 12.6. The number of nitrogens with one attached hydrogen (secondary N) is 6. The van der Waals surface area contributed by atoms with E-state index in [1.807, 2.05) is 13.8 Å². The van der Waals surface area contributed by atoms with Crippen molar-refractivity contribution >= 4 is 109 Å². The minimum atomic E-state index is -1.44. The number of aliphatic hydroxyl groups excluding tert-OH is 3. The van der Waals surface area contributed by atoms with Crippen molar-refractivity contribution in [2.75, 3.05) is 6.54 Å². The molecular formula is C48H49N13O9S6. The van der Waals surface area contributed by atoms with Crippen LogP contribution in [0.5, 0.6) is 0 Å². The van der Waals surface area contributed by atoms with Crippen molar-refractivity contribution in [1.29, 1.82) is 0 Å². The van der Waals surface area contributed by atoms with Crippen LogP contribution in [0.3, 0.4) is 0 Å². The Morgan fingerprint density at radius 3 is 1.89 bits per heavy atom. The lowest BCUT2D eigenvalue weighted by Crippen LogP contribution is -2.52. The average molecular weight is 1140 g/mol. The summed E-state index contributed by atoms with van der Waals surface area (Å²) in [5, 5.41) is 57.9. The van der Waals surface area contributed by atoms with Gasteiger partial charge >= 0.3 is 0 Å². The molecule has 0 fully saturated rings. The summed E-state index contributed by atoms with van der Waals surface area (Å²) in [5.74, 6) is -3.99. The number of allylic oxidation sites excluding steroid dienone is 2. The largest absolute Gasteiger partial charge is 0.392 e. The number of thiazole rings is 6. The highest BCUT2D eigenvalue weighted by molar-refractivity contribution is 7.16. The van der Waals surface area contributed by atoms with Gasteiger partial charge < -0.3 is 47.2 Å². The Balaban J connectivity index is 1.15. The van der Waals surface area contributed by atoms with Crippen LogP contribution in [0.1, 0.15) is 118 Å². The summed E-state index contributed by atoms with van der Waals surface area (Å²) in [7, 11) is 0. The first-order chi connectivity index (χ1) is 36.3. The molecule has 28 heteroatoms. The van der Waals surface area contributed by atoms with E-state index < -0.39 is 71.9 Å². The molecule has 0 radical (unpaired) electrons. The number of amides is 6. The van der Waals surface area contributed by atoms with Crippen LogP contribution in [0.2, 0.25) is 0 Å². The van der Waals surface area contributed by atoms with Gasteiger partial charge in [-0.15, -0.1) is 68.0 Å². The van der Waals surface area contributed by atoms with Crippen LogP contribution < -0.4 is 31.9 Å². The Bertz CT molecular complexity index is 3380. The molecule has 0 spiro atoms. The molecule has 76 heavy (non-hydrogen) atoms. The number of carbonyl (C=O) groups is 6. The highest BCUT2D eigenvalue weighted by Crippen LogP contribution is 2.40. The summed E-state index contributed by atoms with van der Waals surface area (Å²) in [6.07, 6.45) is 1.29. The van der Waals surface area contributed by atoms with E-state index in [-0.39, 0.29) is 51.6 Å². The normalized spacial score (nSPS) is 18.5. The second kappa shape index (κ2) is 24.0. The van der Waals surface area contributed by atoms with Crippen LogP contribution in [-0.2, 0) is 9.59 Å². The van der Waals surface area contributed by atoms with Crippen LogP contribution in [-0.4, -0.2) is 117 Å². The van der Waals surface area contributed by atoms with E-state index in [0.717, 1.165) is 34.0 Å². The number of pyridine rings is 1. The van der Waals surface area contributed by atoms with Gasteiger partial charge in [0.05, 0.1) is 46.3 Å². The fraction of sp³-hybridized carbons (Fsp3) is 0.312. The second-order valence-electron chi connectivity index (χ2n) is 17.4. The predicted octanol–water partition coefficient (Wildman–Crippen LogP) is 5.57. The topological polar surface area (TPSA) is 326 Å². The van der Waals surface area contributed by atoms with Crippen LogP contribution in [0.4, 0.5) is 0 Å². The minimum Gasteiger partial charge on any atom is -0.392 e. The Morgan fingerprint density at radius 1 is 0.658 bits per heavy atom. The maximum Gasteiger partial charge on any atom is 0.275 e. The Labute approximate surface area is 458 Å². The molecule has 7 aromatic rings. The highest BCUT2D eigenvalue weighted by Gasteiger charge is 2.32. The Morgan fingerprint density at radius 2 is 1.24 bits per heavy atom. The van der Waals surface area contributed by atoms with Gasteiger partial charge in [-0.05, 0) is 52.7 Å². The molecule has 0 aliphatic carbocycles. The van der Waals surface area contributed by atoms with Crippen molar-refractivity contribution in [3.63, 3.8) is 0 Å².